The summed E-state index contributed by atoms with van der Waals surface area (Å²) >= 11 is 0. The lowest BCUT2D eigenvalue weighted by Gasteiger charge is -2.18. The second-order valence-electron chi connectivity index (χ2n) is 14.0. The van der Waals surface area contributed by atoms with Gasteiger partial charge in [0.15, 0.2) is 6.10 Å². The molecule has 0 heterocycles. The van der Waals surface area contributed by atoms with E-state index in [0.717, 1.165) is 89.9 Å². The SMILES string of the molecule is CC\C=C/C=C\C=C/C=C\CCCCCC(=O)OCC(COC(=O)CCCCCCC/C=C\CCCCC)OC(=O)CCCCC\C=C/C=C\C=C/C=C\CC. The van der Waals surface area contributed by atoms with Gasteiger partial charge in [-0.2, -0.15) is 0 Å². The van der Waals surface area contributed by atoms with E-state index in [9.17, 15) is 14.4 Å². The van der Waals surface area contributed by atoms with Gasteiger partial charge >= 0.3 is 17.9 Å². The van der Waals surface area contributed by atoms with Crippen molar-refractivity contribution < 1.29 is 28.6 Å². The zero-order valence-corrected chi connectivity index (χ0v) is 35.6. The van der Waals surface area contributed by atoms with E-state index in [1.165, 1.54) is 32.1 Å². The molecular formula is C50H78O6. The van der Waals surface area contributed by atoms with Crippen LogP contribution in [0.4, 0.5) is 0 Å². The molecule has 314 valence electrons. The van der Waals surface area contributed by atoms with Crippen LogP contribution in [0.1, 0.15) is 168 Å². The van der Waals surface area contributed by atoms with Crippen LogP contribution >= 0.6 is 0 Å². The van der Waals surface area contributed by atoms with Gasteiger partial charge in [0.2, 0.25) is 0 Å². The first-order valence-electron chi connectivity index (χ1n) is 22.0. The summed E-state index contributed by atoms with van der Waals surface area (Å²) in [6.45, 7) is 6.21. The Bertz CT molecular complexity index is 1210. The summed E-state index contributed by atoms with van der Waals surface area (Å²) < 4.78 is 16.6. The van der Waals surface area contributed by atoms with Crippen molar-refractivity contribution in [2.24, 2.45) is 0 Å². The predicted molar refractivity (Wildman–Crippen MR) is 237 cm³/mol. The van der Waals surface area contributed by atoms with Gasteiger partial charge in [0, 0.05) is 19.3 Å². The summed E-state index contributed by atoms with van der Waals surface area (Å²) in [6.07, 6.45) is 57.8. The van der Waals surface area contributed by atoms with Crippen LogP contribution < -0.4 is 0 Å². The number of hydrogen-bond acceptors (Lipinski definition) is 6. The Balaban J connectivity index is 4.57. The molecule has 0 aliphatic carbocycles. The predicted octanol–water partition coefficient (Wildman–Crippen LogP) is 14.0. The number of carbonyl (C=O) groups excluding carboxylic acids is 3. The van der Waals surface area contributed by atoms with Crippen molar-refractivity contribution in [2.75, 3.05) is 13.2 Å². The quantitative estimate of drug-likeness (QED) is 0.0206. The highest BCUT2D eigenvalue weighted by molar-refractivity contribution is 5.71. The lowest BCUT2D eigenvalue weighted by molar-refractivity contribution is -0.167. The number of rotatable bonds is 37. The normalized spacial score (nSPS) is 13.1. The van der Waals surface area contributed by atoms with Gasteiger partial charge in [-0.15, -0.1) is 0 Å². The van der Waals surface area contributed by atoms with Crippen molar-refractivity contribution in [3.8, 4) is 0 Å². The van der Waals surface area contributed by atoms with Gasteiger partial charge in [-0.3, -0.25) is 14.4 Å². The molecule has 0 radical (unpaired) electrons. The van der Waals surface area contributed by atoms with E-state index in [1.54, 1.807) is 0 Å². The van der Waals surface area contributed by atoms with Gasteiger partial charge in [0.25, 0.3) is 0 Å². The molecular weight excluding hydrogens is 697 g/mol. The Kier molecular flexibility index (Phi) is 40.7. The van der Waals surface area contributed by atoms with Gasteiger partial charge in [-0.1, -0.05) is 175 Å². The van der Waals surface area contributed by atoms with Crippen molar-refractivity contribution in [1.82, 2.24) is 0 Å². The highest BCUT2D eigenvalue weighted by atomic mass is 16.6. The monoisotopic (exact) mass is 775 g/mol. The smallest absolute Gasteiger partial charge is 0.306 e. The largest absolute Gasteiger partial charge is 0.462 e. The van der Waals surface area contributed by atoms with Crippen molar-refractivity contribution in [2.45, 2.75) is 175 Å². The van der Waals surface area contributed by atoms with Crippen molar-refractivity contribution in [3.63, 3.8) is 0 Å². The summed E-state index contributed by atoms with van der Waals surface area (Å²) in [7, 11) is 0. The number of unbranched alkanes of at least 4 members (excludes halogenated alkanes) is 14. The van der Waals surface area contributed by atoms with Crippen LogP contribution in [-0.4, -0.2) is 37.2 Å². The third kappa shape index (κ3) is 41.2. The Morgan fingerprint density at radius 3 is 1.16 bits per heavy atom. The minimum Gasteiger partial charge on any atom is -0.462 e. The van der Waals surface area contributed by atoms with E-state index in [1.807, 2.05) is 72.9 Å². The fraction of sp³-hybridized carbons (Fsp3) is 0.580. The minimum atomic E-state index is -0.817. The molecule has 56 heavy (non-hydrogen) atoms. The lowest BCUT2D eigenvalue weighted by Crippen LogP contribution is -2.30. The highest BCUT2D eigenvalue weighted by Crippen LogP contribution is 2.12. The maximum absolute atomic E-state index is 12.7. The number of carbonyl (C=O) groups is 3. The van der Waals surface area contributed by atoms with Crippen LogP contribution in [0.5, 0.6) is 0 Å². The highest BCUT2D eigenvalue weighted by Gasteiger charge is 2.19. The summed E-state index contributed by atoms with van der Waals surface area (Å²) in [5.41, 5.74) is 0. The van der Waals surface area contributed by atoms with Crippen molar-refractivity contribution in [3.05, 3.63) is 109 Å². The van der Waals surface area contributed by atoms with E-state index in [2.05, 4.69) is 57.2 Å². The maximum atomic E-state index is 12.7. The molecule has 0 aromatic heterocycles. The number of ether oxygens (including phenoxy) is 3. The van der Waals surface area contributed by atoms with Crippen LogP contribution in [0.25, 0.3) is 0 Å². The van der Waals surface area contributed by atoms with Gasteiger partial charge in [-0.25, -0.2) is 0 Å². The van der Waals surface area contributed by atoms with Crippen LogP contribution in [0.15, 0.2) is 109 Å². The molecule has 0 saturated heterocycles. The Morgan fingerprint density at radius 1 is 0.375 bits per heavy atom. The molecule has 6 heteroatoms. The molecule has 0 saturated carbocycles. The topological polar surface area (TPSA) is 78.9 Å². The summed E-state index contributed by atoms with van der Waals surface area (Å²) in [5, 5.41) is 0. The van der Waals surface area contributed by atoms with Crippen LogP contribution in [-0.2, 0) is 28.6 Å². The third-order valence-electron chi connectivity index (χ3n) is 8.68. The standard InChI is InChI=1S/C50H78O6/c1-4-7-10-13-16-19-22-25-28-31-34-37-40-43-49(52)55-46-47(45-54-48(51)42-39-36-33-30-27-24-21-18-15-12-9-6-3)56-50(53)44-41-38-35-32-29-26-23-20-17-14-11-8-5-2/h7-8,10-11,13-14,16-23,25-26,28-29,47H,4-6,9,12,15,24,27,30-46H2,1-3H3/b10-7-,11-8-,16-13-,17-14-,21-18-,22-19-,23-20-,28-25-,29-26-. The average molecular weight is 775 g/mol. The van der Waals surface area contributed by atoms with E-state index in [4.69, 9.17) is 14.2 Å². The van der Waals surface area contributed by atoms with Crippen molar-refractivity contribution >= 4 is 17.9 Å². The molecule has 0 amide bonds. The fourth-order valence-electron chi connectivity index (χ4n) is 5.40. The maximum Gasteiger partial charge on any atom is 0.306 e. The molecule has 0 aromatic rings. The van der Waals surface area contributed by atoms with E-state index in [-0.39, 0.29) is 37.5 Å². The van der Waals surface area contributed by atoms with Crippen LogP contribution in [0.2, 0.25) is 0 Å². The fourth-order valence-corrected chi connectivity index (χ4v) is 5.40. The number of hydrogen-bond donors (Lipinski definition) is 0. The molecule has 0 N–H and O–H groups in total. The second kappa shape index (κ2) is 43.8. The second-order valence-corrected chi connectivity index (χ2v) is 14.0. The van der Waals surface area contributed by atoms with Crippen LogP contribution in [0.3, 0.4) is 0 Å². The molecule has 0 aliphatic heterocycles. The van der Waals surface area contributed by atoms with Gasteiger partial charge < -0.3 is 14.2 Å². The first kappa shape index (κ1) is 52.1. The molecule has 0 spiro atoms. The Morgan fingerprint density at radius 2 is 0.714 bits per heavy atom. The Labute approximate surface area is 342 Å². The minimum absolute atomic E-state index is 0.114. The van der Waals surface area contributed by atoms with Crippen molar-refractivity contribution in [1.29, 1.82) is 0 Å². The summed E-state index contributed by atoms with van der Waals surface area (Å²) in [6, 6.07) is 0. The van der Waals surface area contributed by atoms with E-state index >= 15 is 0 Å². The third-order valence-corrected chi connectivity index (χ3v) is 8.68. The van der Waals surface area contributed by atoms with Gasteiger partial charge in [0.05, 0.1) is 0 Å². The van der Waals surface area contributed by atoms with E-state index < -0.39 is 6.10 Å². The van der Waals surface area contributed by atoms with Gasteiger partial charge in [-0.05, 0) is 83.5 Å². The molecule has 0 aliphatic rings. The van der Waals surface area contributed by atoms with Crippen LogP contribution in [0, 0.1) is 0 Å². The number of allylic oxidation sites excluding steroid dienone is 18. The molecule has 1 unspecified atom stereocenters. The molecule has 1 atom stereocenters. The molecule has 0 aromatic carbocycles. The summed E-state index contributed by atoms with van der Waals surface area (Å²) in [4.78, 5) is 37.7. The lowest BCUT2D eigenvalue weighted by atomic mass is 10.1. The zero-order valence-electron chi connectivity index (χ0n) is 35.6. The summed E-state index contributed by atoms with van der Waals surface area (Å²) in [5.74, 6) is -1.02. The average Bonchev–Trinajstić information content (AvgIpc) is 3.19. The molecule has 0 rings (SSSR count). The van der Waals surface area contributed by atoms with E-state index in [0.29, 0.717) is 19.3 Å². The first-order valence-corrected chi connectivity index (χ1v) is 22.0. The van der Waals surface area contributed by atoms with Gasteiger partial charge in [0.1, 0.15) is 13.2 Å². The first-order chi connectivity index (χ1) is 27.5. The molecule has 0 bridgehead atoms. The molecule has 0 fully saturated rings. The Hall–Kier alpha value is -3.93. The zero-order chi connectivity index (χ0) is 40.8. The molecule has 6 nitrogen and oxygen atoms in total. The number of esters is 3.